The molecule has 0 N–H and O–H groups in total. The smallest absolute Gasteiger partial charge is 0.258 e. The fraction of sp³-hybridized carbons (Fsp3) is 0.609. The van der Waals surface area contributed by atoms with Crippen molar-refractivity contribution in [3.8, 4) is 11.5 Å². The van der Waals surface area contributed by atoms with Gasteiger partial charge in [-0.3, -0.25) is 4.79 Å². The van der Waals surface area contributed by atoms with E-state index in [4.69, 9.17) is 13.9 Å². The third kappa shape index (κ3) is 4.80. The largest absolute Gasteiger partial charge is 0.540 e. The van der Waals surface area contributed by atoms with E-state index in [-0.39, 0.29) is 11.9 Å². The van der Waals surface area contributed by atoms with Gasteiger partial charge in [0.05, 0.1) is 13.4 Å². The number of carbonyl (C=O) groups is 1. The maximum atomic E-state index is 12.0. The Kier molecular flexibility index (Phi) is 7.76. The second kappa shape index (κ2) is 9.64. The van der Waals surface area contributed by atoms with Crippen molar-refractivity contribution in [2.45, 2.75) is 83.5 Å². The number of benzene rings is 1. The number of aryl methyl sites for hydroxylation is 1. The molecular weight excluding hydrogens is 368 g/mol. The van der Waals surface area contributed by atoms with Gasteiger partial charge in [0.25, 0.3) is 8.32 Å². The second-order valence-electron chi connectivity index (χ2n) is 8.61. The molecule has 0 saturated carbocycles. The predicted octanol–water partition coefficient (Wildman–Crippen LogP) is 6.05. The Balaban J connectivity index is 2.26. The lowest BCUT2D eigenvalue weighted by atomic mass is 10.0. The highest BCUT2D eigenvalue weighted by Crippen LogP contribution is 2.44. The van der Waals surface area contributed by atoms with Gasteiger partial charge in [0.1, 0.15) is 5.75 Å². The van der Waals surface area contributed by atoms with Gasteiger partial charge in [0.2, 0.25) is 0 Å². The fourth-order valence-electron chi connectivity index (χ4n) is 4.55. The number of rotatable bonds is 9. The molecule has 5 heteroatoms. The first-order valence-corrected chi connectivity index (χ1v) is 12.6. The van der Waals surface area contributed by atoms with Crippen LogP contribution in [-0.4, -0.2) is 27.3 Å². The maximum absolute atomic E-state index is 12.0. The lowest BCUT2D eigenvalue weighted by Gasteiger charge is -2.42. The average Bonchev–Trinajstić information content (AvgIpc) is 2.64. The van der Waals surface area contributed by atoms with Crippen molar-refractivity contribution in [1.29, 1.82) is 0 Å². The van der Waals surface area contributed by atoms with Gasteiger partial charge < -0.3 is 13.9 Å². The number of ketones is 1. The summed E-state index contributed by atoms with van der Waals surface area (Å²) in [5.41, 5.74) is 2.60. The molecule has 4 nitrogen and oxygen atoms in total. The topological polar surface area (TPSA) is 44.8 Å². The number of ether oxygens (including phenoxy) is 2. The first-order valence-electron chi connectivity index (χ1n) is 10.4. The first kappa shape index (κ1) is 22.5. The minimum atomic E-state index is -2.07. The quantitative estimate of drug-likeness (QED) is 0.470. The number of carbonyl (C=O) groups excluding carboxylic acids is 1. The summed E-state index contributed by atoms with van der Waals surface area (Å²) in [7, 11) is -0.387. The highest BCUT2D eigenvalue weighted by atomic mass is 28.4. The van der Waals surface area contributed by atoms with Gasteiger partial charge in [-0.2, -0.15) is 0 Å². The summed E-state index contributed by atoms with van der Waals surface area (Å²) in [5, 5.41) is 0. The molecule has 156 valence electrons. The van der Waals surface area contributed by atoms with Crippen LogP contribution in [0.4, 0.5) is 0 Å². The number of hydrogen-bond acceptors (Lipinski definition) is 4. The average molecular weight is 405 g/mol. The Morgan fingerprint density at radius 2 is 1.71 bits per heavy atom. The minimum absolute atomic E-state index is 0.151. The van der Waals surface area contributed by atoms with Crippen LogP contribution in [0.15, 0.2) is 30.5 Å². The normalized spacial score (nSPS) is 17.4. The number of hydrogen-bond donors (Lipinski definition) is 0. The Bertz CT molecular complexity index is 672. The van der Waals surface area contributed by atoms with Crippen molar-refractivity contribution in [3.63, 3.8) is 0 Å². The Labute approximate surface area is 171 Å². The molecule has 0 unspecified atom stereocenters. The van der Waals surface area contributed by atoms with E-state index in [2.05, 4.69) is 53.7 Å². The van der Waals surface area contributed by atoms with Gasteiger partial charge in [-0.15, -0.1) is 0 Å². The van der Waals surface area contributed by atoms with Crippen LogP contribution in [0.5, 0.6) is 11.5 Å². The number of allylic oxidation sites excluding steroid dienone is 1. The second-order valence-corrected chi connectivity index (χ2v) is 14.0. The van der Waals surface area contributed by atoms with Gasteiger partial charge in [0.15, 0.2) is 17.6 Å². The summed E-state index contributed by atoms with van der Waals surface area (Å²) in [6.45, 7) is 13.7. The molecule has 1 aromatic carbocycles. The molecule has 0 spiro atoms. The van der Waals surface area contributed by atoms with Gasteiger partial charge >= 0.3 is 0 Å². The fourth-order valence-corrected chi connectivity index (χ4v) is 9.80. The van der Waals surface area contributed by atoms with E-state index in [9.17, 15) is 4.79 Å². The zero-order chi connectivity index (χ0) is 20.9. The zero-order valence-electron chi connectivity index (χ0n) is 18.5. The standard InChI is InChI=1S/C23H36O4Si/c1-16(2)28(17(3)4,18(5)6)27-23-15-19(11-13-22(23)25-7)10-12-21-20(24)9-8-14-26-21/h8,11,13-18,21H,9-10,12H2,1-7H3/t21-/m1/s1. The van der Waals surface area contributed by atoms with Crippen LogP contribution >= 0.6 is 0 Å². The lowest BCUT2D eigenvalue weighted by Crippen LogP contribution is -2.50. The summed E-state index contributed by atoms with van der Waals surface area (Å²) in [4.78, 5) is 12.0. The predicted molar refractivity (Wildman–Crippen MR) is 117 cm³/mol. The van der Waals surface area contributed by atoms with Crippen molar-refractivity contribution < 1.29 is 18.7 Å². The van der Waals surface area contributed by atoms with Crippen LogP contribution in [-0.2, 0) is 16.0 Å². The zero-order valence-corrected chi connectivity index (χ0v) is 19.5. The van der Waals surface area contributed by atoms with E-state index in [1.807, 2.05) is 6.07 Å². The third-order valence-electron chi connectivity index (χ3n) is 5.93. The molecule has 1 aliphatic heterocycles. The molecule has 0 amide bonds. The molecule has 1 heterocycles. The van der Waals surface area contributed by atoms with Crippen LogP contribution in [0.1, 0.15) is 59.9 Å². The molecule has 0 aliphatic carbocycles. The highest BCUT2D eigenvalue weighted by Gasteiger charge is 2.47. The molecule has 0 radical (unpaired) electrons. The third-order valence-corrected chi connectivity index (χ3v) is 11.9. The molecule has 0 bridgehead atoms. The number of methoxy groups -OCH3 is 1. The summed E-state index contributed by atoms with van der Waals surface area (Å²) in [5.74, 6) is 1.76. The molecule has 1 aromatic rings. The van der Waals surface area contributed by atoms with Gasteiger partial charge in [-0.05, 0) is 53.2 Å². The molecule has 2 rings (SSSR count). The van der Waals surface area contributed by atoms with Crippen LogP contribution < -0.4 is 9.16 Å². The first-order chi connectivity index (χ1) is 13.2. The molecule has 0 saturated heterocycles. The molecule has 0 aromatic heterocycles. The van der Waals surface area contributed by atoms with Crippen molar-refractivity contribution >= 4 is 14.1 Å². The summed E-state index contributed by atoms with van der Waals surface area (Å²) in [6.07, 6.45) is 4.98. The van der Waals surface area contributed by atoms with Crippen LogP contribution in [0, 0.1) is 0 Å². The van der Waals surface area contributed by atoms with E-state index in [1.54, 1.807) is 19.4 Å². The van der Waals surface area contributed by atoms with Crippen molar-refractivity contribution in [2.24, 2.45) is 0 Å². The van der Waals surface area contributed by atoms with Crippen molar-refractivity contribution in [1.82, 2.24) is 0 Å². The van der Waals surface area contributed by atoms with E-state index in [0.29, 0.717) is 29.5 Å². The van der Waals surface area contributed by atoms with E-state index >= 15 is 0 Å². The van der Waals surface area contributed by atoms with Gasteiger partial charge in [-0.25, -0.2) is 0 Å². The molecule has 1 aliphatic rings. The lowest BCUT2D eigenvalue weighted by molar-refractivity contribution is -0.128. The maximum Gasteiger partial charge on any atom is 0.258 e. The summed E-state index contributed by atoms with van der Waals surface area (Å²) in [6, 6.07) is 6.13. The SMILES string of the molecule is COc1ccc(CC[C@H]2OC=CCC2=O)cc1O[Si](C(C)C)(C(C)C)C(C)C. The molecule has 1 atom stereocenters. The van der Waals surface area contributed by atoms with Crippen molar-refractivity contribution in [3.05, 3.63) is 36.1 Å². The van der Waals surface area contributed by atoms with Gasteiger partial charge in [0, 0.05) is 6.42 Å². The van der Waals surface area contributed by atoms with E-state index < -0.39 is 8.32 Å². The Morgan fingerprint density at radius 3 is 2.25 bits per heavy atom. The van der Waals surface area contributed by atoms with Crippen molar-refractivity contribution in [2.75, 3.05) is 7.11 Å². The molecule has 28 heavy (non-hydrogen) atoms. The Hall–Kier alpha value is -1.75. The van der Waals surface area contributed by atoms with Crippen LogP contribution in [0.25, 0.3) is 0 Å². The van der Waals surface area contributed by atoms with Crippen LogP contribution in [0.2, 0.25) is 16.6 Å². The summed E-state index contributed by atoms with van der Waals surface area (Å²) >= 11 is 0. The Morgan fingerprint density at radius 1 is 1.07 bits per heavy atom. The van der Waals surface area contributed by atoms with E-state index in [0.717, 1.165) is 23.5 Å². The highest BCUT2D eigenvalue weighted by molar-refractivity contribution is 6.78. The molecular formula is C23H36O4Si. The molecule has 0 fully saturated rings. The van der Waals surface area contributed by atoms with Gasteiger partial charge in [-0.1, -0.05) is 47.6 Å². The van der Waals surface area contributed by atoms with Crippen LogP contribution in [0.3, 0.4) is 0 Å². The summed E-state index contributed by atoms with van der Waals surface area (Å²) < 4.78 is 18.0. The minimum Gasteiger partial charge on any atom is -0.540 e. The monoisotopic (exact) mass is 404 g/mol. The number of Topliss-reactive ketones (excluding diaryl/α,β-unsaturated/α-hetero) is 1. The van der Waals surface area contributed by atoms with E-state index in [1.165, 1.54) is 0 Å².